The molecule has 42 heavy (non-hydrogen) atoms. The Kier molecular flexibility index (Phi) is 6.44. The van der Waals surface area contributed by atoms with Gasteiger partial charge in [0.2, 0.25) is 5.91 Å². The second-order valence-electron chi connectivity index (χ2n) is 10.5. The van der Waals surface area contributed by atoms with E-state index in [-0.39, 0.29) is 18.2 Å². The standard InChI is InChI=1S/C31H24Cl2N4O5/c1-36-25-14-18(8-10-20(25)29(34-36)31(39)40)37-24-11-9-19(13-17(24)7-12-26(37)38)41-15-21-28(35-42-30(21)16-5-6-16)27-22(32)3-2-4-23(27)33/h2-4,8-11,13-14,16H,5-7,12,15H2,1H3,(H,39,40). The predicted octanol–water partition coefficient (Wildman–Crippen LogP) is 7.30. The van der Waals surface area contributed by atoms with Gasteiger partial charge < -0.3 is 14.4 Å². The summed E-state index contributed by atoms with van der Waals surface area (Å²) in [6.07, 6.45) is 2.96. The van der Waals surface area contributed by atoms with Gasteiger partial charge in [0.15, 0.2) is 5.69 Å². The highest BCUT2D eigenvalue weighted by molar-refractivity contribution is 6.39. The molecule has 1 saturated carbocycles. The lowest BCUT2D eigenvalue weighted by atomic mass is 9.99. The molecule has 5 aromatic rings. The van der Waals surface area contributed by atoms with Gasteiger partial charge in [0.25, 0.3) is 0 Å². The first-order valence-electron chi connectivity index (χ1n) is 13.5. The van der Waals surface area contributed by atoms with Crippen molar-refractivity contribution in [3.63, 3.8) is 0 Å². The predicted molar refractivity (Wildman–Crippen MR) is 158 cm³/mol. The van der Waals surface area contributed by atoms with E-state index in [2.05, 4.69) is 10.3 Å². The van der Waals surface area contributed by atoms with E-state index in [9.17, 15) is 14.7 Å². The lowest BCUT2D eigenvalue weighted by molar-refractivity contribution is -0.118. The molecule has 9 nitrogen and oxygen atoms in total. The molecule has 2 aromatic heterocycles. The summed E-state index contributed by atoms with van der Waals surface area (Å²) >= 11 is 13.0. The average Bonchev–Trinajstić information content (AvgIpc) is 3.65. The van der Waals surface area contributed by atoms with Crippen molar-refractivity contribution in [2.24, 2.45) is 7.05 Å². The molecule has 1 fully saturated rings. The SMILES string of the molecule is Cn1nc(C(=O)O)c2ccc(N3C(=O)CCc4cc(OCc5c(-c6c(Cl)cccc6Cl)noc5C5CC5)ccc43)cc21. The highest BCUT2D eigenvalue weighted by atomic mass is 35.5. The summed E-state index contributed by atoms with van der Waals surface area (Å²) < 4.78 is 13.6. The minimum Gasteiger partial charge on any atom is -0.489 e. The number of hydrogen-bond donors (Lipinski definition) is 1. The lowest BCUT2D eigenvalue weighted by Gasteiger charge is -2.30. The average molecular weight is 603 g/mol. The fourth-order valence-electron chi connectivity index (χ4n) is 5.59. The number of benzene rings is 3. The van der Waals surface area contributed by atoms with Crippen molar-refractivity contribution in [3.05, 3.63) is 87.2 Å². The second kappa shape index (κ2) is 10.2. The lowest BCUT2D eigenvalue weighted by Crippen LogP contribution is -2.30. The molecule has 7 rings (SSSR count). The zero-order valence-corrected chi connectivity index (χ0v) is 23.9. The fraction of sp³-hybridized carbons (Fsp3) is 0.226. The number of carbonyl (C=O) groups is 2. The van der Waals surface area contributed by atoms with Crippen LogP contribution in [0.5, 0.6) is 5.75 Å². The van der Waals surface area contributed by atoms with Crippen molar-refractivity contribution >= 4 is 57.4 Å². The van der Waals surface area contributed by atoms with E-state index < -0.39 is 5.97 Å². The van der Waals surface area contributed by atoms with Gasteiger partial charge in [-0.15, -0.1) is 0 Å². The molecule has 0 bridgehead atoms. The molecule has 212 valence electrons. The number of carboxylic acid groups (broad SMARTS) is 1. The molecule has 3 aromatic carbocycles. The number of fused-ring (bicyclic) bond motifs is 2. The molecule has 1 aliphatic heterocycles. The van der Waals surface area contributed by atoms with Crippen LogP contribution in [0.1, 0.15) is 52.6 Å². The van der Waals surface area contributed by atoms with Crippen LogP contribution in [0.2, 0.25) is 10.0 Å². The minimum absolute atomic E-state index is 0.0242. The Morgan fingerprint density at radius 2 is 1.88 bits per heavy atom. The smallest absolute Gasteiger partial charge is 0.357 e. The Morgan fingerprint density at radius 3 is 2.62 bits per heavy atom. The van der Waals surface area contributed by atoms with Gasteiger partial charge in [0.05, 0.1) is 32.5 Å². The van der Waals surface area contributed by atoms with E-state index in [1.54, 1.807) is 48.3 Å². The molecule has 0 unspecified atom stereocenters. The van der Waals surface area contributed by atoms with Gasteiger partial charge in [-0.05, 0) is 73.4 Å². The summed E-state index contributed by atoms with van der Waals surface area (Å²) in [5, 5.41) is 19.4. The van der Waals surface area contributed by atoms with E-state index in [1.807, 2.05) is 18.2 Å². The van der Waals surface area contributed by atoms with Gasteiger partial charge in [0, 0.05) is 30.3 Å². The van der Waals surface area contributed by atoms with Crippen molar-refractivity contribution < 1.29 is 24.0 Å². The number of rotatable bonds is 7. The summed E-state index contributed by atoms with van der Waals surface area (Å²) in [5.74, 6) is 0.606. The Hall–Kier alpha value is -4.34. The van der Waals surface area contributed by atoms with Crippen LogP contribution in [-0.4, -0.2) is 31.9 Å². The number of aromatic carboxylic acids is 1. The van der Waals surface area contributed by atoms with Gasteiger partial charge in [-0.3, -0.25) is 14.4 Å². The molecule has 0 atom stereocenters. The quantitative estimate of drug-likeness (QED) is 0.208. The Balaban J connectivity index is 1.19. The maximum Gasteiger partial charge on any atom is 0.357 e. The molecule has 1 amide bonds. The normalized spacial score (nSPS) is 14.8. The first-order valence-corrected chi connectivity index (χ1v) is 14.3. The number of carboxylic acids is 1. The topological polar surface area (TPSA) is 111 Å². The van der Waals surface area contributed by atoms with Crippen LogP contribution in [0, 0.1) is 0 Å². The largest absolute Gasteiger partial charge is 0.489 e. The first-order chi connectivity index (χ1) is 20.3. The third-order valence-electron chi connectivity index (χ3n) is 7.79. The number of hydrogen-bond acceptors (Lipinski definition) is 6. The summed E-state index contributed by atoms with van der Waals surface area (Å²) in [4.78, 5) is 26.4. The Bertz CT molecular complexity index is 1890. The van der Waals surface area contributed by atoms with E-state index in [4.69, 9.17) is 32.5 Å². The van der Waals surface area contributed by atoms with Crippen molar-refractivity contribution in [1.29, 1.82) is 0 Å². The van der Waals surface area contributed by atoms with Crippen LogP contribution in [0.3, 0.4) is 0 Å². The van der Waals surface area contributed by atoms with Crippen LogP contribution in [0.25, 0.3) is 22.2 Å². The van der Waals surface area contributed by atoms with Gasteiger partial charge >= 0.3 is 5.97 Å². The molecule has 0 radical (unpaired) electrons. The number of nitrogens with zero attached hydrogens (tertiary/aromatic N) is 4. The van der Waals surface area contributed by atoms with E-state index in [0.29, 0.717) is 62.4 Å². The monoisotopic (exact) mass is 602 g/mol. The maximum atomic E-state index is 13.1. The van der Waals surface area contributed by atoms with Crippen molar-refractivity contribution in [3.8, 4) is 17.0 Å². The van der Waals surface area contributed by atoms with Crippen LogP contribution < -0.4 is 9.64 Å². The highest BCUT2D eigenvalue weighted by Crippen LogP contribution is 2.46. The van der Waals surface area contributed by atoms with E-state index in [1.165, 1.54) is 4.68 Å². The van der Waals surface area contributed by atoms with Crippen LogP contribution >= 0.6 is 23.2 Å². The zero-order chi connectivity index (χ0) is 29.1. The molecule has 1 aliphatic carbocycles. The van der Waals surface area contributed by atoms with Crippen molar-refractivity contribution in [1.82, 2.24) is 14.9 Å². The molecule has 11 heteroatoms. The third kappa shape index (κ3) is 4.49. The molecule has 0 saturated heterocycles. The summed E-state index contributed by atoms with van der Waals surface area (Å²) in [6, 6.07) is 16.2. The Morgan fingerprint density at radius 1 is 1.10 bits per heavy atom. The number of amides is 1. The number of anilines is 2. The highest BCUT2D eigenvalue weighted by Gasteiger charge is 2.34. The number of aryl methyl sites for hydroxylation is 2. The summed E-state index contributed by atoms with van der Waals surface area (Å²) in [5.41, 5.74) is 4.99. The molecule has 3 heterocycles. The number of aromatic nitrogens is 3. The fourth-order valence-corrected chi connectivity index (χ4v) is 6.16. The Labute approximate surface area is 250 Å². The summed E-state index contributed by atoms with van der Waals surface area (Å²) in [6.45, 7) is 0.219. The minimum atomic E-state index is -1.10. The maximum absolute atomic E-state index is 13.1. The van der Waals surface area contributed by atoms with Crippen LogP contribution in [0.4, 0.5) is 11.4 Å². The molecule has 0 spiro atoms. The third-order valence-corrected chi connectivity index (χ3v) is 8.42. The molecule has 2 aliphatic rings. The van der Waals surface area contributed by atoms with Crippen molar-refractivity contribution in [2.45, 2.75) is 38.2 Å². The number of carbonyl (C=O) groups excluding carboxylic acids is 1. The molecular weight excluding hydrogens is 579 g/mol. The number of ether oxygens (including phenoxy) is 1. The van der Waals surface area contributed by atoms with E-state index in [0.717, 1.165) is 35.4 Å². The van der Waals surface area contributed by atoms with Gasteiger partial charge in [0.1, 0.15) is 23.8 Å². The van der Waals surface area contributed by atoms with Gasteiger partial charge in [-0.25, -0.2) is 4.79 Å². The molecule has 1 N–H and O–H groups in total. The first kappa shape index (κ1) is 26.6. The van der Waals surface area contributed by atoms with Gasteiger partial charge in [-0.1, -0.05) is 34.4 Å². The van der Waals surface area contributed by atoms with Crippen LogP contribution in [-0.2, 0) is 24.9 Å². The zero-order valence-electron chi connectivity index (χ0n) is 22.4. The van der Waals surface area contributed by atoms with Gasteiger partial charge in [-0.2, -0.15) is 5.10 Å². The molecular formula is C31H24Cl2N4O5. The van der Waals surface area contributed by atoms with Crippen molar-refractivity contribution in [2.75, 3.05) is 4.90 Å². The van der Waals surface area contributed by atoms with Crippen LogP contribution in [0.15, 0.2) is 59.1 Å². The van der Waals surface area contributed by atoms with E-state index >= 15 is 0 Å². The second-order valence-corrected chi connectivity index (χ2v) is 11.3. The number of halogens is 2. The summed E-state index contributed by atoms with van der Waals surface area (Å²) in [7, 11) is 1.68.